The number of aliphatic hydroxyl groups excluding tert-OH is 1. The van der Waals surface area contributed by atoms with Crippen LogP contribution in [0, 0.1) is 5.92 Å². The second-order valence-corrected chi connectivity index (χ2v) is 6.40. The van der Waals surface area contributed by atoms with Crippen LogP contribution >= 0.6 is 11.6 Å². The van der Waals surface area contributed by atoms with Crippen molar-refractivity contribution in [3.05, 3.63) is 34.9 Å². The van der Waals surface area contributed by atoms with Crippen LogP contribution < -0.4 is 0 Å². The molecule has 0 aromatic heterocycles. The summed E-state index contributed by atoms with van der Waals surface area (Å²) in [5, 5.41) is 11.0. The summed E-state index contributed by atoms with van der Waals surface area (Å²) >= 11 is 5.86. The number of nitrogens with zero attached hydrogens (tertiary/aromatic N) is 2. The van der Waals surface area contributed by atoms with Crippen molar-refractivity contribution in [1.29, 1.82) is 0 Å². The third-order valence-corrected chi connectivity index (χ3v) is 4.55. The molecule has 3 rings (SSSR count). The maximum atomic E-state index is 12.0. The van der Waals surface area contributed by atoms with Gasteiger partial charge in [0, 0.05) is 43.7 Å². The van der Waals surface area contributed by atoms with Crippen molar-refractivity contribution in [3.8, 4) is 0 Å². The van der Waals surface area contributed by atoms with Crippen molar-refractivity contribution in [2.45, 2.75) is 18.9 Å². The molecule has 1 aliphatic heterocycles. The van der Waals surface area contributed by atoms with Gasteiger partial charge in [0.2, 0.25) is 5.91 Å². The number of benzene rings is 1. The molecule has 0 unspecified atom stereocenters. The minimum Gasteiger partial charge on any atom is -0.387 e. The first kappa shape index (κ1) is 14.8. The standard InChI is InChI=1S/C16H21ClN2O2/c17-14-5-3-12(4-6-14)15(20)11-18-7-9-19(10-8-18)16(21)13-1-2-13/h3-6,13,15,20H,1-2,7-11H2/t15-/m0/s1. The van der Waals surface area contributed by atoms with E-state index in [4.69, 9.17) is 11.6 Å². The average molecular weight is 309 g/mol. The Morgan fingerprint density at radius 1 is 1.19 bits per heavy atom. The SMILES string of the molecule is O=C(C1CC1)N1CCN(C[C@H](O)c2ccc(Cl)cc2)CC1. The number of halogens is 1. The fourth-order valence-electron chi connectivity index (χ4n) is 2.77. The molecule has 0 bridgehead atoms. The zero-order valence-corrected chi connectivity index (χ0v) is 12.8. The number of amides is 1. The molecule has 1 atom stereocenters. The summed E-state index contributed by atoms with van der Waals surface area (Å²) in [5.41, 5.74) is 0.885. The van der Waals surface area contributed by atoms with E-state index in [1.807, 2.05) is 17.0 Å². The molecule has 114 valence electrons. The van der Waals surface area contributed by atoms with Crippen LogP contribution in [-0.4, -0.2) is 53.5 Å². The maximum Gasteiger partial charge on any atom is 0.225 e. The van der Waals surface area contributed by atoms with Crippen LogP contribution in [0.25, 0.3) is 0 Å². The molecule has 1 saturated heterocycles. The van der Waals surface area contributed by atoms with Gasteiger partial charge < -0.3 is 10.0 Å². The van der Waals surface area contributed by atoms with Crippen LogP contribution in [0.5, 0.6) is 0 Å². The van der Waals surface area contributed by atoms with Crippen LogP contribution in [0.1, 0.15) is 24.5 Å². The lowest BCUT2D eigenvalue weighted by Gasteiger charge is -2.35. The first-order valence-corrected chi connectivity index (χ1v) is 7.96. The highest BCUT2D eigenvalue weighted by atomic mass is 35.5. The largest absolute Gasteiger partial charge is 0.387 e. The Morgan fingerprint density at radius 3 is 2.38 bits per heavy atom. The van der Waals surface area contributed by atoms with Gasteiger partial charge >= 0.3 is 0 Å². The number of carbonyl (C=O) groups excluding carboxylic acids is 1. The lowest BCUT2D eigenvalue weighted by molar-refractivity contribution is -0.134. The molecule has 4 nitrogen and oxygen atoms in total. The van der Waals surface area contributed by atoms with E-state index in [2.05, 4.69) is 4.90 Å². The second-order valence-electron chi connectivity index (χ2n) is 5.97. The number of carbonyl (C=O) groups is 1. The molecular formula is C16H21ClN2O2. The van der Waals surface area contributed by atoms with Crippen molar-refractivity contribution in [2.75, 3.05) is 32.7 Å². The van der Waals surface area contributed by atoms with E-state index in [0.29, 0.717) is 23.4 Å². The first-order valence-electron chi connectivity index (χ1n) is 7.58. The molecule has 0 radical (unpaired) electrons. The van der Waals surface area contributed by atoms with E-state index >= 15 is 0 Å². The molecule has 21 heavy (non-hydrogen) atoms. The summed E-state index contributed by atoms with van der Waals surface area (Å²) in [6, 6.07) is 7.32. The molecule has 0 spiro atoms. The fourth-order valence-corrected chi connectivity index (χ4v) is 2.90. The molecular weight excluding hydrogens is 288 g/mol. The van der Waals surface area contributed by atoms with Gasteiger partial charge in [-0.25, -0.2) is 0 Å². The van der Waals surface area contributed by atoms with Crippen LogP contribution in [-0.2, 0) is 4.79 Å². The highest BCUT2D eigenvalue weighted by Crippen LogP contribution is 2.31. The zero-order chi connectivity index (χ0) is 14.8. The number of piperazine rings is 1. The van der Waals surface area contributed by atoms with E-state index in [1.165, 1.54) is 0 Å². The van der Waals surface area contributed by atoms with Crippen molar-refractivity contribution in [2.24, 2.45) is 5.92 Å². The summed E-state index contributed by atoms with van der Waals surface area (Å²) in [7, 11) is 0. The van der Waals surface area contributed by atoms with Crippen molar-refractivity contribution < 1.29 is 9.90 Å². The van der Waals surface area contributed by atoms with Gasteiger partial charge in [-0.2, -0.15) is 0 Å². The van der Waals surface area contributed by atoms with E-state index in [9.17, 15) is 9.90 Å². The summed E-state index contributed by atoms with van der Waals surface area (Å²) < 4.78 is 0. The number of aliphatic hydroxyl groups is 1. The normalized spacial score (nSPS) is 21.3. The lowest BCUT2D eigenvalue weighted by atomic mass is 10.1. The molecule has 1 amide bonds. The summed E-state index contributed by atoms with van der Waals surface area (Å²) in [5.74, 6) is 0.629. The topological polar surface area (TPSA) is 43.8 Å². The maximum absolute atomic E-state index is 12.0. The highest BCUT2D eigenvalue weighted by Gasteiger charge is 2.34. The smallest absolute Gasteiger partial charge is 0.225 e. The number of β-amino-alcohol motifs (C(OH)–C–C–N with tert-alkyl or cyclic N) is 1. The molecule has 1 N–H and O–H groups in total. The van der Waals surface area contributed by atoms with Crippen LogP contribution in [0.2, 0.25) is 5.02 Å². The Morgan fingerprint density at radius 2 is 1.81 bits per heavy atom. The van der Waals surface area contributed by atoms with Gasteiger partial charge in [-0.15, -0.1) is 0 Å². The van der Waals surface area contributed by atoms with Gasteiger partial charge in [0.1, 0.15) is 0 Å². The molecule has 5 heteroatoms. The number of hydrogen-bond donors (Lipinski definition) is 1. The molecule has 1 aliphatic carbocycles. The van der Waals surface area contributed by atoms with Crippen molar-refractivity contribution in [3.63, 3.8) is 0 Å². The monoisotopic (exact) mass is 308 g/mol. The first-order chi connectivity index (χ1) is 10.1. The Hall–Kier alpha value is -1.10. The van der Waals surface area contributed by atoms with Crippen LogP contribution in [0.3, 0.4) is 0 Å². The van der Waals surface area contributed by atoms with E-state index < -0.39 is 6.10 Å². The van der Waals surface area contributed by atoms with Gasteiger partial charge in [-0.1, -0.05) is 23.7 Å². The Kier molecular flexibility index (Phi) is 4.48. The molecule has 1 aromatic rings. The summed E-state index contributed by atoms with van der Waals surface area (Å²) in [6.45, 7) is 3.84. The predicted molar refractivity (Wildman–Crippen MR) is 82.2 cm³/mol. The predicted octanol–water partition coefficient (Wildman–Crippen LogP) is 1.93. The Bertz CT molecular complexity index is 494. The Labute approximate surface area is 130 Å². The van der Waals surface area contributed by atoms with E-state index in [-0.39, 0.29) is 0 Å². The summed E-state index contributed by atoms with van der Waals surface area (Å²) in [6.07, 6.45) is 1.62. The van der Waals surface area contributed by atoms with Gasteiger partial charge in [0.25, 0.3) is 0 Å². The third kappa shape index (κ3) is 3.76. The van der Waals surface area contributed by atoms with Gasteiger partial charge in [-0.3, -0.25) is 9.69 Å². The van der Waals surface area contributed by atoms with Crippen molar-refractivity contribution >= 4 is 17.5 Å². The molecule has 1 heterocycles. The van der Waals surface area contributed by atoms with Gasteiger partial charge in [0.05, 0.1) is 6.10 Å². The summed E-state index contributed by atoms with van der Waals surface area (Å²) in [4.78, 5) is 16.2. The molecule has 2 fully saturated rings. The number of rotatable bonds is 4. The van der Waals surface area contributed by atoms with Crippen LogP contribution in [0.15, 0.2) is 24.3 Å². The number of hydrogen-bond acceptors (Lipinski definition) is 3. The third-order valence-electron chi connectivity index (χ3n) is 4.30. The average Bonchev–Trinajstić information content (AvgIpc) is 3.32. The lowest BCUT2D eigenvalue weighted by Crippen LogP contribution is -2.50. The van der Waals surface area contributed by atoms with Crippen LogP contribution in [0.4, 0.5) is 0 Å². The fraction of sp³-hybridized carbons (Fsp3) is 0.562. The van der Waals surface area contributed by atoms with E-state index in [0.717, 1.165) is 44.6 Å². The molecule has 2 aliphatic rings. The molecule has 1 aromatic carbocycles. The Balaban J connectivity index is 1.48. The van der Waals surface area contributed by atoms with Gasteiger partial charge in [-0.05, 0) is 30.5 Å². The van der Waals surface area contributed by atoms with E-state index in [1.54, 1.807) is 12.1 Å². The highest BCUT2D eigenvalue weighted by molar-refractivity contribution is 6.30. The second kappa shape index (κ2) is 6.34. The minimum atomic E-state index is -0.507. The minimum absolute atomic E-state index is 0.302. The van der Waals surface area contributed by atoms with Crippen molar-refractivity contribution in [1.82, 2.24) is 9.80 Å². The van der Waals surface area contributed by atoms with Gasteiger partial charge in [0.15, 0.2) is 0 Å². The quantitative estimate of drug-likeness (QED) is 0.924. The zero-order valence-electron chi connectivity index (χ0n) is 12.0. The molecule has 1 saturated carbocycles.